The topological polar surface area (TPSA) is 84.8 Å². The molecule has 0 spiro atoms. The van der Waals surface area contributed by atoms with Crippen LogP contribution in [0.1, 0.15) is 35.1 Å². The fourth-order valence-corrected chi connectivity index (χ4v) is 3.83. The van der Waals surface area contributed by atoms with Crippen molar-refractivity contribution < 1.29 is 4.79 Å². The zero-order valence-corrected chi connectivity index (χ0v) is 16.9. The van der Waals surface area contributed by atoms with Gasteiger partial charge in [0.05, 0.1) is 29.0 Å². The number of amides is 1. The predicted octanol–water partition coefficient (Wildman–Crippen LogP) is 3.40. The van der Waals surface area contributed by atoms with Gasteiger partial charge >= 0.3 is 0 Å². The number of carbonyl (C=O) groups is 1. The third kappa shape index (κ3) is 4.94. The zero-order chi connectivity index (χ0) is 20.8. The van der Waals surface area contributed by atoms with Gasteiger partial charge in [0.15, 0.2) is 0 Å². The Balaban J connectivity index is 1.16. The van der Waals surface area contributed by atoms with Crippen LogP contribution in [0.25, 0.3) is 17.1 Å². The lowest BCUT2D eigenvalue weighted by Crippen LogP contribution is -2.32. The first kappa shape index (κ1) is 19.9. The Morgan fingerprint density at radius 1 is 1.23 bits per heavy atom. The molecule has 1 aliphatic rings. The minimum Gasteiger partial charge on any atom is -0.353 e. The smallest absolute Gasteiger partial charge is 0.243 e. The fourth-order valence-electron chi connectivity index (χ4n) is 3.83. The summed E-state index contributed by atoms with van der Waals surface area (Å²) in [5.41, 5.74) is 6.19. The van der Waals surface area contributed by atoms with Crippen LogP contribution in [0.15, 0.2) is 48.8 Å². The molecule has 0 saturated heterocycles. The molecule has 0 atom stereocenters. The van der Waals surface area contributed by atoms with Crippen LogP contribution >= 0.6 is 0 Å². The number of imidazole rings is 1. The van der Waals surface area contributed by atoms with E-state index < -0.39 is 0 Å². The Bertz CT molecular complexity index is 1110. The molecule has 4 rings (SSSR count). The molecule has 0 aliphatic carbocycles. The molecule has 6 nitrogen and oxygen atoms in total. The van der Waals surface area contributed by atoms with Crippen LogP contribution in [0.4, 0.5) is 0 Å². The van der Waals surface area contributed by atoms with Crippen molar-refractivity contribution in [3.63, 3.8) is 0 Å². The number of nitrogens with one attached hydrogen (secondary N) is 2. The van der Waals surface area contributed by atoms with E-state index in [9.17, 15) is 4.79 Å². The van der Waals surface area contributed by atoms with Crippen molar-refractivity contribution in [2.24, 2.45) is 0 Å². The van der Waals surface area contributed by atoms with Gasteiger partial charge in [0.1, 0.15) is 0 Å². The number of H-pyrrole nitrogens is 1. The molecule has 2 aromatic carbocycles. The number of fused-ring (bicyclic) bond motifs is 2. The maximum Gasteiger partial charge on any atom is 0.243 e. The average molecular weight is 399 g/mol. The fraction of sp³-hybridized carbons (Fsp3) is 0.292. The summed E-state index contributed by atoms with van der Waals surface area (Å²) >= 11 is 0. The van der Waals surface area contributed by atoms with Gasteiger partial charge in [-0.2, -0.15) is 5.26 Å². The number of nitriles is 1. The Kier molecular flexibility index (Phi) is 6.21. The quantitative estimate of drug-likeness (QED) is 0.471. The van der Waals surface area contributed by atoms with Crippen molar-refractivity contribution in [2.75, 3.05) is 19.6 Å². The van der Waals surface area contributed by atoms with Gasteiger partial charge in [-0.25, -0.2) is 4.98 Å². The van der Waals surface area contributed by atoms with Crippen LogP contribution in [-0.2, 0) is 17.8 Å². The maximum absolute atomic E-state index is 12.0. The second-order valence-corrected chi connectivity index (χ2v) is 7.63. The molecule has 0 fully saturated rings. The number of benzene rings is 2. The largest absolute Gasteiger partial charge is 0.353 e. The summed E-state index contributed by atoms with van der Waals surface area (Å²) in [6, 6.07) is 14.1. The minimum atomic E-state index is -0.0759. The average Bonchev–Trinajstić information content (AvgIpc) is 3.25. The van der Waals surface area contributed by atoms with Crippen molar-refractivity contribution in [3.05, 3.63) is 71.1 Å². The first-order valence-electron chi connectivity index (χ1n) is 10.3. The van der Waals surface area contributed by atoms with E-state index in [2.05, 4.69) is 32.3 Å². The Labute approximate surface area is 176 Å². The molecule has 152 valence electrons. The number of nitrogens with zero attached hydrogens (tertiary/aromatic N) is 3. The number of hydrogen-bond donors (Lipinski definition) is 2. The second-order valence-electron chi connectivity index (χ2n) is 7.63. The lowest BCUT2D eigenvalue weighted by molar-refractivity contribution is -0.116. The van der Waals surface area contributed by atoms with Crippen LogP contribution in [0.2, 0.25) is 0 Å². The first-order chi connectivity index (χ1) is 14.7. The molecule has 0 bridgehead atoms. The van der Waals surface area contributed by atoms with Crippen molar-refractivity contribution in [3.8, 4) is 6.07 Å². The van der Waals surface area contributed by atoms with Gasteiger partial charge in [0, 0.05) is 25.7 Å². The van der Waals surface area contributed by atoms with E-state index in [1.807, 2.05) is 36.4 Å². The number of hydrogen-bond acceptors (Lipinski definition) is 4. The van der Waals surface area contributed by atoms with Crippen LogP contribution in [-0.4, -0.2) is 40.4 Å². The molecule has 1 aromatic heterocycles. The van der Waals surface area contributed by atoms with Crippen LogP contribution < -0.4 is 5.32 Å². The number of carbonyl (C=O) groups excluding carboxylic acids is 1. The maximum atomic E-state index is 12.0. The molecule has 0 saturated carbocycles. The van der Waals surface area contributed by atoms with Gasteiger partial charge in [-0.1, -0.05) is 12.1 Å². The van der Waals surface area contributed by atoms with Crippen LogP contribution in [0.5, 0.6) is 0 Å². The number of rotatable bonds is 7. The molecule has 3 aromatic rings. The van der Waals surface area contributed by atoms with Gasteiger partial charge in [-0.05, 0) is 72.8 Å². The molecule has 1 aliphatic heterocycles. The molecule has 6 heteroatoms. The molecule has 1 amide bonds. The number of aromatic amines is 1. The van der Waals surface area contributed by atoms with E-state index in [0.29, 0.717) is 6.54 Å². The standard InChI is InChI=1S/C24H25N5O/c25-15-19-3-6-20-9-12-29(16-21(20)13-19)11-2-1-10-26-24(30)8-5-18-4-7-22-23(14-18)28-17-27-22/h3-8,13-14,17H,1-2,9-12,16H2,(H,26,30)(H,27,28)/b8-5+. The normalized spacial score (nSPS) is 14.0. The summed E-state index contributed by atoms with van der Waals surface area (Å²) in [6.07, 6.45) is 8.06. The van der Waals surface area contributed by atoms with Gasteiger partial charge in [-0.15, -0.1) is 0 Å². The molecule has 0 unspecified atom stereocenters. The highest BCUT2D eigenvalue weighted by atomic mass is 16.1. The van der Waals surface area contributed by atoms with E-state index in [1.54, 1.807) is 12.4 Å². The third-order valence-corrected chi connectivity index (χ3v) is 5.50. The molecule has 2 heterocycles. The van der Waals surface area contributed by atoms with Gasteiger partial charge in [0.2, 0.25) is 5.91 Å². The van der Waals surface area contributed by atoms with Crippen molar-refractivity contribution in [2.45, 2.75) is 25.8 Å². The minimum absolute atomic E-state index is 0.0759. The van der Waals surface area contributed by atoms with Gasteiger partial charge in [-0.3, -0.25) is 9.69 Å². The first-order valence-corrected chi connectivity index (χ1v) is 10.3. The summed E-state index contributed by atoms with van der Waals surface area (Å²) in [5.74, 6) is -0.0759. The van der Waals surface area contributed by atoms with E-state index in [4.69, 9.17) is 5.26 Å². The third-order valence-electron chi connectivity index (χ3n) is 5.50. The highest BCUT2D eigenvalue weighted by Crippen LogP contribution is 2.20. The number of aromatic nitrogens is 2. The highest BCUT2D eigenvalue weighted by molar-refractivity contribution is 5.92. The summed E-state index contributed by atoms with van der Waals surface area (Å²) in [7, 11) is 0. The van der Waals surface area contributed by atoms with Gasteiger partial charge < -0.3 is 10.3 Å². The Morgan fingerprint density at radius 2 is 2.17 bits per heavy atom. The van der Waals surface area contributed by atoms with Crippen molar-refractivity contribution in [1.29, 1.82) is 5.26 Å². The SMILES string of the molecule is N#Cc1ccc2c(c1)CN(CCCCNC(=O)/C=C/c1ccc3[nH]cnc3c1)CC2. The summed E-state index contributed by atoms with van der Waals surface area (Å²) < 4.78 is 0. The molecule has 2 N–H and O–H groups in total. The molecule has 0 radical (unpaired) electrons. The van der Waals surface area contributed by atoms with E-state index >= 15 is 0 Å². The van der Waals surface area contributed by atoms with E-state index in [-0.39, 0.29) is 5.91 Å². The Morgan fingerprint density at radius 3 is 3.07 bits per heavy atom. The van der Waals surface area contributed by atoms with Crippen LogP contribution in [0, 0.1) is 11.3 Å². The highest BCUT2D eigenvalue weighted by Gasteiger charge is 2.16. The van der Waals surface area contributed by atoms with Crippen LogP contribution in [0.3, 0.4) is 0 Å². The lowest BCUT2D eigenvalue weighted by atomic mass is 9.97. The van der Waals surface area contributed by atoms with E-state index in [1.165, 1.54) is 11.1 Å². The lowest BCUT2D eigenvalue weighted by Gasteiger charge is -2.28. The Hall–Kier alpha value is -3.43. The van der Waals surface area contributed by atoms with Gasteiger partial charge in [0.25, 0.3) is 0 Å². The molecular weight excluding hydrogens is 374 g/mol. The number of unbranched alkanes of at least 4 members (excludes halogenated alkanes) is 1. The van der Waals surface area contributed by atoms with E-state index in [0.717, 1.165) is 61.1 Å². The summed E-state index contributed by atoms with van der Waals surface area (Å²) in [5, 5.41) is 12.0. The predicted molar refractivity (Wildman–Crippen MR) is 118 cm³/mol. The zero-order valence-electron chi connectivity index (χ0n) is 16.9. The monoisotopic (exact) mass is 399 g/mol. The molecular formula is C24H25N5O. The molecule has 30 heavy (non-hydrogen) atoms. The van der Waals surface area contributed by atoms with Crippen molar-refractivity contribution in [1.82, 2.24) is 20.2 Å². The summed E-state index contributed by atoms with van der Waals surface area (Å²) in [4.78, 5) is 21.7. The second kappa shape index (κ2) is 9.38. The van der Waals surface area contributed by atoms with Crippen molar-refractivity contribution >= 4 is 23.0 Å². The summed E-state index contributed by atoms with van der Waals surface area (Å²) in [6.45, 7) is 3.63.